The largest absolute Gasteiger partial charge is 0.497 e. The highest BCUT2D eigenvalue weighted by atomic mass is 16.5. The molecule has 0 radical (unpaired) electrons. The fraction of sp³-hybridized carbons (Fsp3) is 0.400. The summed E-state index contributed by atoms with van der Waals surface area (Å²) in [4.78, 5) is 0. The van der Waals surface area contributed by atoms with E-state index in [4.69, 9.17) is 4.74 Å². The van der Waals surface area contributed by atoms with Gasteiger partial charge in [0.15, 0.2) is 0 Å². The van der Waals surface area contributed by atoms with Crippen LogP contribution in [0.3, 0.4) is 0 Å². The molecule has 2 unspecified atom stereocenters. The Hall–Kier alpha value is -0.980. The van der Waals surface area contributed by atoms with Crippen LogP contribution in [-0.4, -0.2) is 7.11 Å². The quantitative estimate of drug-likeness (QED) is 0.549. The van der Waals surface area contributed by atoms with Gasteiger partial charge >= 0.3 is 0 Å². The maximum Gasteiger partial charge on any atom is 0.114 e. The average Bonchev–Trinajstić information content (AvgIpc) is 2.04. The molecular formula is C10H14O. The molecule has 0 aromatic heterocycles. The van der Waals surface area contributed by atoms with Gasteiger partial charge in [0.05, 0.1) is 7.11 Å². The summed E-state index contributed by atoms with van der Waals surface area (Å²) >= 11 is 0. The molecule has 1 rings (SSSR count). The minimum atomic E-state index is 0.467. The normalized spacial score (nSPS) is 29.5. The Morgan fingerprint density at radius 3 is 2.82 bits per heavy atom. The predicted molar refractivity (Wildman–Crippen MR) is 47.1 cm³/mol. The van der Waals surface area contributed by atoms with E-state index in [1.165, 1.54) is 0 Å². The molecule has 11 heavy (non-hydrogen) atoms. The van der Waals surface area contributed by atoms with Crippen LogP contribution >= 0.6 is 0 Å². The number of ether oxygens (including phenoxy) is 1. The fourth-order valence-corrected chi connectivity index (χ4v) is 1.24. The molecule has 1 aliphatic rings. The molecular weight excluding hydrogens is 136 g/mol. The first kappa shape index (κ1) is 8.12. The number of allylic oxidation sites excluding steroid dienone is 4. The van der Waals surface area contributed by atoms with E-state index < -0.39 is 0 Å². The lowest BCUT2D eigenvalue weighted by Crippen LogP contribution is -2.08. The highest BCUT2D eigenvalue weighted by molar-refractivity contribution is 5.22. The molecule has 60 valence electrons. The zero-order valence-electron chi connectivity index (χ0n) is 7.08. The average molecular weight is 150 g/mol. The van der Waals surface area contributed by atoms with Gasteiger partial charge in [-0.1, -0.05) is 19.1 Å². The van der Waals surface area contributed by atoms with E-state index in [0.29, 0.717) is 11.8 Å². The lowest BCUT2D eigenvalue weighted by molar-refractivity contribution is 0.298. The van der Waals surface area contributed by atoms with Gasteiger partial charge in [-0.2, -0.15) is 0 Å². The summed E-state index contributed by atoms with van der Waals surface area (Å²) < 4.78 is 5.09. The second kappa shape index (κ2) is 3.42. The second-order valence-corrected chi connectivity index (χ2v) is 2.80. The summed E-state index contributed by atoms with van der Waals surface area (Å²) in [5, 5.41) is 0. The van der Waals surface area contributed by atoms with Crippen molar-refractivity contribution < 1.29 is 4.74 Å². The van der Waals surface area contributed by atoms with Gasteiger partial charge in [-0.15, -0.1) is 6.58 Å². The number of rotatable bonds is 2. The van der Waals surface area contributed by atoms with Crippen molar-refractivity contribution in [1.29, 1.82) is 0 Å². The lowest BCUT2D eigenvalue weighted by atomic mass is 9.90. The summed E-state index contributed by atoms with van der Waals surface area (Å²) in [7, 11) is 1.69. The van der Waals surface area contributed by atoms with Crippen LogP contribution in [0.4, 0.5) is 0 Å². The van der Waals surface area contributed by atoms with Crippen LogP contribution in [0.15, 0.2) is 36.6 Å². The van der Waals surface area contributed by atoms with Gasteiger partial charge in [-0.25, -0.2) is 0 Å². The van der Waals surface area contributed by atoms with E-state index in [0.717, 1.165) is 5.76 Å². The molecule has 0 saturated carbocycles. The van der Waals surface area contributed by atoms with Crippen molar-refractivity contribution in [2.45, 2.75) is 6.92 Å². The van der Waals surface area contributed by atoms with E-state index in [1.807, 2.05) is 12.2 Å². The standard InChI is InChI=1S/C10H14O/c1-4-9-5-6-10(11-3)7-8(9)2/h4-9H,1H2,2-3H3. The van der Waals surface area contributed by atoms with E-state index in [9.17, 15) is 0 Å². The Morgan fingerprint density at radius 1 is 1.64 bits per heavy atom. The third-order valence-electron chi connectivity index (χ3n) is 2.02. The zero-order valence-corrected chi connectivity index (χ0v) is 7.08. The van der Waals surface area contributed by atoms with Crippen LogP contribution in [0.2, 0.25) is 0 Å². The molecule has 0 bridgehead atoms. The monoisotopic (exact) mass is 150 g/mol. The van der Waals surface area contributed by atoms with Gasteiger partial charge in [-0.05, 0) is 18.1 Å². The van der Waals surface area contributed by atoms with E-state index in [-0.39, 0.29) is 0 Å². The van der Waals surface area contributed by atoms with E-state index >= 15 is 0 Å². The van der Waals surface area contributed by atoms with Gasteiger partial charge in [0, 0.05) is 5.92 Å². The summed E-state index contributed by atoms with van der Waals surface area (Å²) in [5.74, 6) is 1.93. The molecule has 1 heteroatoms. The van der Waals surface area contributed by atoms with Crippen LogP contribution in [0.1, 0.15) is 6.92 Å². The molecule has 0 aromatic rings. The molecule has 0 aliphatic heterocycles. The highest BCUT2D eigenvalue weighted by Crippen LogP contribution is 2.23. The smallest absolute Gasteiger partial charge is 0.114 e. The van der Waals surface area contributed by atoms with Crippen LogP contribution in [0, 0.1) is 11.8 Å². The van der Waals surface area contributed by atoms with Gasteiger partial charge in [0.25, 0.3) is 0 Å². The van der Waals surface area contributed by atoms with Crippen molar-refractivity contribution >= 4 is 0 Å². The van der Waals surface area contributed by atoms with Crippen molar-refractivity contribution in [3.8, 4) is 0 Å². The topological polar surface area (TPSA) is 9.23 Å². The highest BCUT2D eigenvalue weighted by Gasteiger charge is 2.13. The Bertz CT molecular complexity index is 201. The molecule has 0 N–H and O–H groups in total. The first-order chi connectivity index (χ1) is 5.27. The van der Waals surface area contributed by atoms with Gasteiger partial charge in [0.2, 0.25) is 0 Å². The van der Waals surface area contributed by atoms with Crippen molar-refractivity contribution in [3.05, 3.63) is 36.6 Å². The third kappa shape index (κ3) is 1.73. The molecule has 2 atom stereocenters. The molecule has 0 amide bonds. The molecule has 0 saturated heterocycles. The molecule has 0 spiro atoms. The summed E-state index contributed by atoms with van der Waals surface area (Å²) in [6.07, 6.45) is 8.19. The number of hydrogen-bond acceptors (Lipinski definition) is 1. The first-order valence-corrected chi connectivity index (χ1v) is 3.84. The second-order valence-electron chi connectivity index (χ2n) is 2.80. The molecule has 0 heterocycles. The molecule has 0 aromatic carbocycles. The fourth-order valence-electron chi connectivity index (χ4n) is 1.24. The van der Waals surface area contributed by atoms with Crippen molar-refractivity contribution in [2.24, 2.45) is 11.8 Å². The molecule has 1 nitrogen and oxygen atoms in total. The van der Waals surface area contributed by atoms with Crippen LogP contribution in [0.5, 0.6) is 0 Å². The number of hydrogen-bond donors (Lipinski definition) is 0. The van der Waals surface area contributed by atoms with Crippen molar-refractivity contribution in [2.75, 3.05) is 7.11 Å². The first-order valence-electron chi connectivity index (χ1n) is 3.84. The Balaban J connectivity index is 2.70. The van der Waals surface area contributed by atoms with Crippen molar-refractivity contribution in [3.63, 3.8) is 0 Å². The van der Waals surface area contributed by atoms with Gasteiger partial charge < -0.3 is 4.74 Å². The molecule has 0 fully saturated rings. The minimum Gasteiger partial charge on any atom is -0.497 e. The Labute approximate surface area is 68.1 Å². The summed E-state index contributed by atoms with van der Waals surface area (Å²) in [5.41, 5.74) is 0. The minimum absolute atomic E-state index is 0.467. The Kier molecular flexibility index (Phi) is 2.53. The zero-order chi connectivity index (χ0) is 8.27. The predicted octanol–water partition coefficient (Wildman–Crippen LogP) is 2.52. The lowest BCUT2D eigenvalue weighted by Gasteiger charge is -2.18. The molecule has 1 aliphatic carbocycles. The van der Waals surface area contributed by atoms with Crippen LogP contribution < -0.4 is 0 Å². The number of methoxy groups -OCH3 is 1. The maximum absolute atomic E-state index is 5.09. The van der Waals surface area contributed by atoms with Crippen LogP contribution in [0.25, 0.3) is 0 Å². The summed E-state index contributed by atoms with van der Waals surface area (Å²) in [6.45, 7) is 5.93. The van der Waals surface area contributed by atoms with Crippen LogP contribution in [-0.2, 0) is 4.74 Å². The summed E-state index contributed by atoms with van der Waals surface area (Å²) in [6, 6.07) is 0. The van der Waals surface area contributed by atoms with E-state index in [1.54, 1.807) is 7.11 Å². The van der Waals surface area contributed by atoms with E-state index in [2.05, 4.69) is 25.7 Å². The van der Waals surface area contributed by atoms with Gasteiger partial charge in [0.1, 0.15) is 5.76 Å². The Morgan fingerprint density at radius 2 is 2.36 bits per heavy atom. The van der Waals surface area contributed by atoms with Crippen molar-refractivity contribution in [1.82, 2.24) is 0 Å². The SMILES string of the molecule is C=CC1C=CC(OC)=CC1C. The van der Waals surface area contributed by atoms with Gasteiger partial charge in [-0.3, -0.25) is 0 Å². The maximum atomic E-state index is 5.09. The third-order valence-corrected chi connectivity index (χ3v) is 2.02.